The molecular formula is C16H12FN3O3. The van der Waals surface area contributed by atoms with Crippen LogP contribution in [0.15, 0.2) is 53.2 Å². The molecule has 0 saturated carbocycles. The highest BCUT2D eigenvalue weighted by atomic mass is 19.1. The Balaban J connectivity index is 1.74. The van der Waals surface area contributed by atoms with E-state index in [0.717, 1.165) is 11.8 Å². The van der Waals surface area contributed by atoms with Crippen molar-refractivity contribution in [2.45, 2.75) is 13.0 Å². The van der Waals surface area contributed by atoms with Crippen molar-refractivity contribution in [2.24, 2.45) is 0 Å². The molecule has 0 aliphatic heterocycles. The van der Waals surface area contributed by atoms with Gasteiger partial charge in [-0.15, -0.1) is 10.2 Å². The van der Waals surface area contributed by atoms with E-state index >= 15 is 0 Å². The number of benzene rings is 1. The molecule has 0 N–H and O–H groups in total. The lowest BCUT2D eigenvalue weighted by Crippen LogP contribution is -2.11. The van der Waals surface area contributed by atoms with Gasteiger partial charge in [0.1, 0.15) is 0 Å². The minimum atomic E-state index is -0.822. The number of aromatic nitrogens is 3. The van der Waals surface area contributed by atoms with Crippen LogP contribution in [-0.2, 0) is 4.74 Å². The summed E-state index contributed by atoms with van der Waals surface area (Å²) in [5.41, 5.74) is 0.555. The minimum absolute atomic E-state index is 0.131. The van der Waals surface area contributed by atoms with Crippen LogP contribution in [0, 0.1) is 5.82 Å². The highest BCUT2D eigenvalue weighted by molar-refractivity contribution is 5.89. The number of ether oxygens (including phenoxy) is 1. The van der Waals surface area contributed by atoms with Crippen LogP contribution in [0.5, 0.6) is 0 Å². The fraction of sp³-hybridized carbons (Fsp3) is 0.125. The Hall–Kier alpha value is -3.09. The van der Waals surface area contributed by atoms with Crippen molar-refractivity contribution in [3.63, 3.8) is 0 Å². The van der Waals surface area contributed by atoms with Gasteiger partial charge in [-0.3, -0.25) is 4.98 Å². The van der Waals surface area contributed by atoms with Gasteiger partial charge in [0.2, 0.25) is 5.89 Å². The molecule has 0 fully saturated rings. The van der Waals surface area contributed by atoms with Crippen molar-refractivity contribution in [3.8, 4) is 11.5 Å². The van der Waals surface area contributed by atoms with E-state index in [4.69, 9.17) is 9.15 Å². The maximum absolute atomic E-state index is 13.5. The molecule has 0 unspecified atom stereocenters. The quantitative estimate of drug-likeness (QED) is 0.688. The number of carbonyl (C=O) groups is 1. The Bertz CT molecular complexity index is 820. The first-order valence-electron chi connectivity index (χ1n) is 6.84. The summed E-state index contributed by atoms with van der Waals surface area (Å²) < 4.78 is 24.1. The Morgan fingerprint density at radius 1 is 1.22 bits per heavy atom. The monoisotopic (exact) mass is 313 g/mol. The Morgan fingerprint density at radius 2 is 2.00 bits per heavy atom. The van der Waals surface area contributed by atoms with Gasteiger partial charge in [0.15, 0.2) is 11.9 Å². The van der Waals surface area contributed by atoms with Crippen LogP contribution in [0.3, 0.4) is 0 Å². The van der Waals surface area contributed by atoms with Crippen molar-refractivity contribution >= 4 is 5.97 Å². The molecule has 7 heteroatoms. The fourth-order valence-corrected chi connectivity index (χ4v) is 1.91. The van der Waals surface area contributed by atoms with Gasteiger partial charge >= 0.3 is 5.97 Å². The van der Waals surface area contributed by atoms with Gasteiger partial charge in [0.05, 0.1) is 11.8 Å². The van der Waals surface area contributed by atoms with E-state index < -0.39 is 17.9 Å². The predicted octanol–water partition coefficient (Wildman–Crippen LogP) is 3.19. The van der Waals surface area contributed by atoms with Gasteiger partial charge in [-0.05, 0) is 25.1 Å². The predicted molar refractivity (Wildman–Crippen MR) is 77.8 cm³/mol. The van der Waals surface area contributed by atoms with E-state index in [2.05, 4.69) is 15.2 Å². The number of nitrogens with zero attached hydrogens (tertiary/aromatic N) is 3. The van der Waals surface area contributed by atoms with Crippen LogP contribution >= 0.6 is 0 Å². The lowest BCUT2D eigenvalue weighted by atomic mass is 10.2. The maximum atomic E-state index is 13.5. The maximum Gasteiger partial charge on any atom is 0.342 e. The van der Waals surface area contributed by atoms with E-state index in [1.807, 2.05) is 30.3 Å². The molecule has 0 aliphatic carbocycles. The first-order valence-corrected chi connectivity index (χ1v) is 6.84. The molecule has 0 saturated heterocycles. The summed E-state index contributed by atoms with van der Waals surface area (Å²) >= 11 is 0. The number of hydrogen-bond donors (Lipinski definition) is 0. The molecule has 1 aromatic carbocycles. The van der Waals surface area contributed by atoms with Crippen molar-refractivity contribution in [1.82, 2.24) is 15.2 Å². The molecule has 0 amide bonds. The SMILES string of the molecule is C[C@@H](OC(=O)c1ccncc1F)c1nnc(-c2ccccc2)o1. The number of esters is 1. The molecular weight excluding hydrogens is 301 g/mol. The zero-order valence-corrected chi connectivity index (χ0v) is 12.1. The molecule has 6 nitrogen and oxygen atoms in total. The van der Waals surface area contributed by atoms with Crippen molar-refractivity contribution < 1.29 is 18.3 Å². The smallest absolute Gasteiger partial charge is 0.342 e. The summed E-state index contributed by atoms with van der Waals surface area (Å²) in [6, 6.07) is 10.4. The Labute approximate surface area is 131 Å². The lowest BCUT2D eigenvalue weighted by Gasteiger charge is -2.09. The van der Waals surface area contributed by atoms with Gasteiger partial charge in [0.25, 0.3) is 5.89 Å². The third-order valence-electron chi connectivity index (χ3n) is 3.09. The molecule has 2 heterocycles. The number of pyridine rings is 1. The molecule has 3 aromatic rings. The van der Waals surface area contributed by atoms with E-state index in [1.54, 1.807) is 6.92 Å². The van der Waals surface area contributed by atoms with Crippen LogP contribution in [0.4, 0.5) is 4.39 Å². The van der Waals surface area contributed by atoms with Crippen LogP contribution in [0.25, 0.3) is 11.5 Å². The van der Waals surface area contributed by atoms with Gasteiger partial charge in [-0.2, -0.15) is 0 Å². The third-order valence-corrected chi connectivity index (χ3v) is 3.09. The molecule has 1 atom stereocenters. The van der Waals surface area contributed by atoms with Crippen molar-refractivity contribution in [2.75, 3.05) is 0 Å². The summed E-state index contributed by atoms with van der Waals surface area (Å²) in [6.07, 6.45) is 1.45. The highest BCUT2D eigenvalue weighted by Gasteiger charge is 2.21. The average Bonchev–Trinajstić information content (AvgIpc) is 3.06. The summed E-state index contributed by atoms with van der Waals surface area (Å²) in [7, 11) is 0. The molecule has 0 aliphatic rings. The van der Waals surface area contributed by atoms with Crippen LogP contribution in [-0.4, -0.2) is 21.2 Å². The second-order valence-corrected chi connectivity index (χ2v) is 4.71. The number of halogens is 1. The molecule has 0 bridgehead atoms. The van der Waals surface area contributed by atoms with Crippen LogP contribution in [0.2, 0.25) is 0 Å². The van der Waals surface area contributed by atoms with E-state index in [-0.39, 0.29) is 11.5 Å². The van der Waals surface area contributed by atoms with Gasteiger partial charge in [-0.25, -0.2) is 9.18 Å². The summed E-state index contributed by atoms with van der Waals surface area (Å²) in [5.74, 6) is -1.12. The lowest BCUT2D eigenvalue weighted by molar-refractivity contribution is 0.0274. The molecule has 2 aromatic heterocycles. The molecule has 3 rings (SSSR count). The van der Waals surface area contributed by atoms with Crippen molar-refractivity contribution in [3.05, 3.63) is 66.1 Å². The van der Waals surface area contributed by atoms with Gasteiger partial charge < -0.3 is 9.15 Å². The molecule has 0 spiro atoms. The van der Waals surface area contributed by atoms with E-state index in [0.29, 0.717) is 5.89 Å². The standard InChI is InChI=1S/C16H12FN3O3/c1-10(22-16(21)12-7-8-18-9-13(12)17)14-19-20-15(23-14)11-5-3-2-4-6-11/h2-10H,1H3/t10-/m1/s1. The molecule has 23 heavy (non-hydrogen) atoms. The largest absolute Gasteiger partial charge is 0.449 e. The Morgan fingerprint density at radius 3 is 2.74 bits per heavy atom. The van der Waals surface area contributed by atoms with Gasteiger partial charge in [-0.1, -0.05) is 18.2 Å². The second kappa shape index (κ2) is 6.35. The zero-order valence-electron chi connectivity index (χ0n) is 12.1. The first kappa shape index (κ1) is 14.8. The average molecular weight is 313 g/mol. The fourth-order valence-electron chi connectivity index (χ4n) is 1.91. The third kappa shape index (κ3) is 3.23. The summed E-state index contributed by atoms with van der Waals surface area (Å²) in [5, 5.41) is 7.77. The van der Waals surface area contributed by atoms with E-state index in [1.165, 1.54) is 12.3 Å². The minimum Gasteiger partial charge on any atom is -0.449 e. The molecule has 116 valence electrons. The van der Waals surface area contributed by atoms with E-state index in [9.17, 15) is 9.18 Å². The zero-order chi connectivity index (χ0) is 16.2. The number of carbonyl (C=O) groups excluding carboxylic acids is 1. The highest BCUT2D eigenvalue weighted by Crippen LogP contribution is 2.23. The first-order chi connectivity index (χ1) is 11.1. The number of hydrogen-bond acceptors (Lipinski definition) is 6. The van der Waals surface area contributed by atoms with Gasteiger partial charge in [0, 0.05) is 11.8 Å². The summed E-state index contributed by atoms with van der Waals surface area (Å²) in [4.78, 5) is 15.5. The number of rotatable bonds is 4. The normalized spacial score (nSPS) is 11.9. The van der Waals surface area contributed by atoms with Crippen LogP contribution < -0.4 is 0 Å². The Kier molecular flexibility index (Phi) is 4.09. The summed E-state index contributed by atoms with van der Waals surface area (Å²) in [6.45, 7) is 1.57. The molecule has 0 radical (unpaired) electrons. The topological polar surface area (TPSA) is 78.1 Å². The second-order valence-electron chi connectivity index (χ2n) is 4.71. The van der Waals surface area contributed by atoms with Crippen molar-refractivity contribution in [1.29, 1.82) is 0 Å². The van der Waals surface area contributed by atoms with Crippen LogP contribution in [0.1, 0.15) is 29.3 Å².